The van der Waals surface area contributed by atoms with Crippen LogP contribution in [-0.4, -0.2) is 34.0 Å². The van der Waals surface area contributed by atoms with Crippen LogP contribution in [0.2, 0.25) is 0 Å². The molecule has 0 spiro atoms. The second kappa shape index (κ2) is 11.9. The van der Waals surface area contributed by atoms with Crippen LogP contribution in [-0.2, 0) is 22.3 Å². The molecule has 0 radical (unpaired) electrons. The number of nitrogens with zero attached hydrogens (tertiary/aromatic N) is 1. The smallest absolute Gasteiger partial charge is 0.216 e. The lowest BCUT2D eigenvalue weighted by molar-refractivity contribution is 0.569. The van der Waals surface area contributed by atoms with Gasteiger partial charge in [-0.1, -0.05) is 50.5 Å². The van der Waals surface area contributed by atoms with Crippen molar-refractivity contribution in [3.05, 3.63) is 35.4 Å². The van der Waals surface area contributed by atoms with Crippen molar-refractivity contribution in [2.75, 3.05) is 13.6 Å². The Morgan fingerprint density at radius 2 is 1.69 bits per heavy atom. The monoisotopic (exact) mass is 382 g/mol. The Hall–Kier alpha value is -1.60. The maximum absolute atomic E-state index is 12.0. The van der Waals surface area contributed by atoms with Gasteiger partial charge in [0.05, 0.1) is 5.75 Å². The molecule has 1 aromatic carbocycles. The van der Waals surface area contributed by atoms with Gasteiger partial charge in [-0.3, -0.25) is 4.99 Å². The lowest BCUT2D eigenvalue weighted by Gasteiger charge is -2.12. The highest BCUT2D eigenvalue weighted by Crippen LogP contribution is 2.08. The molecule has 1 rings (SSSR count). The molecule has 6 nitrogen and oxygen atoms in total. The van der Waals surface area contributed by atoms with Crippen molar-refractivity contribution >= 4 is 16.0 Å². The fourth-order valence-corrected chi connectivity index (χ4v) is 3.97. The quantitative estimate of drug-likeness (QED) is 0.312. The summed E-state index contributed by atoms with van der Waals surface area (Å²) in [5.74, 6) is 0.786. The van der Waals surface area contributed by atoms with Crippen molar-refractivity contribution < 1.29 is 8.42 Å². The molecule has 3 N–H and O–H groups in total. The summed E-state index contributed by atoms with van der Waals surface area (Å²) in [6.07, 6.45) is 4.87. The van der Waals surface area contributed by atoms with Gasteiger partial charge in [-0.05, 0) is 31.4 Å². The number of sulfonamides is 1. The summed E-state index contributed by atoms with van der Waals surface area (Å²) >= 11 is 0. The molecule has 0 saturated heterocycles. The van der Waals surface area contributed by atoms with Gasteiger partial charge in [-0.15, -0.1) is 0 Å². The van der Waals surface area contributed by atoms with Gasteiger partial charge < -0.3 is 10.6 Å². The number of hydrogen-bond acceptors (Lipinski definition) is 3. The molecule has 0 aromatic heterocycles. The first kappa shape index (κ1) is 22.4. The molecule has 1 aromatic rings. The van der Waals surface area contributed by atoms with Crippen LogP contribution >= 0.6 is 0 Å². The summed E-state index contributed by atoms with van der Waals surface area (Å²) in [5, 5.41) is 6.59. The zero-order chi connectivity index (χ0) is 19.4. The van der Waals surface area contributed by atoms with Crippen LogP contribution in [0.1, 0.15) is 57.6 Å². The zero-order valence-electron chi connectivity index (χ0n) is 16.5. The number of aliphatic imine (C=N–C) groups is 1. The third-order valence-electron chi connectivity index (χ3n) is 3.80. The van der Waals surface area contributed by atoms with Crippen molar-refractivity contribution in [3.63, 3.8) is 0 Å². The van der Waals surface area contributed by atoms with E-state index in [4.69, 9.17) is 0 Å². The molecular weight excluding hydrogens is 348 g/mol. The summed E-state index contributed by atoms with van der Waals surface area (Å²) in [4.78, 5) is 4.22. The number of rotatable bonds is 11. The molecule has 0 heterocycles. The van der Waals surface area contributed by atoms with E-state index in [1.165, 1.54) is 19.3 Å². The maximum atomic E-state index is 12.0. The lowest BCUT2D eigenvalue weighted by Crippen LogP contribution is -2.37. The molecule has 0 aliphatic carbocycles. The largest absolute Gasteiger partial charge is 0.356 e. The van der Waals surface area contributed by atoms with E-state index in [2.05, 4.69) is 27.3 Å². The predicted octanol–water partition coefficient (Wildman–Crippen LogP) is 2.76. The van der Waals surface area contributed by atoms with E-state index < -0.39 is 10.0 Å². The average Bonchev–Trinajstić information content (AvgIpc) is 2.57. The van der Waals surface area contributed by atoms with Gasteiger partial charge in [0.15, 0.2) is 5.96 Å². The van der Waals surface area contributed by atoms with Crippen LogP contribution in [0.5, 0.6) is 0 Å². The van der Waals surface area contributed by atoms with E-state index >= 15 is 0 Å². The first-order valence-corrected chi connectivity index (χ1v) is 11.0. The van der Waals surface area contributed by atoms with E-state index in [0.29, 0.717) is 6.54 Å². The molecule has 0 bridgehead atoms. The molecule has 0 aliphatic heterocycles. The van der Waals surface area contributed by atoms with Crippen LogP contribution < -0.4 is 15.4 Å². The third kappa shape index (κ3) is 9.77. The molecule has 0 saturated carbocycles. The highest BCUT2D eigenvalue weighted by Gasteiger charge is 2.12. The Kier molecular flexibility index (Phi) is 10.3. The van der Waals surface area contributed by atoms with Crippen molar-refractivity contribution in [2.24, 2.45) is 4.99 Å². The van der Waals surface area contributed by atoms with Gasteiger partial charge in [-0.25, -0.2) is 13.1 Å². The Morgan fingerprint density at radius 1 is 1.04 bits per heavy atom. The van der Waals surface area contributed by atoms with Crippen molar-refractivity contribution in [3.8, 4) is 0 Å². The van der Waals surface area contributed by atoms with Gasteiger partial charge in [0.25, 0.3) is 0 Å². The van der Waals surface area contributed by atoms with Crippen LogP contribution in [0.15, 0.2) is 29.3 Å². The molecule has 148 valence electrons. The van der Waals surface area contributed by atoms with Crippen LogP contribution in [0, 0.1) is 0 Å². The molecule has 0 atom stereocenters. The summed E-state index contributed by atoms with van der Waals surface area (Å²) < 4.78 is 26.5. The number of guanidine groups is 1. The van der Waals surface area contributed by atoms with Gasteiger partial charge in [-0.2, -0.15) is 0 Å². The van der Waals surface area contributed by atoms with Gasteiger partial charge in [0.1, 0.15) is 0 Å². The topological polar surface area (TPSA) is 82.6 Å². The van der Waals surface area contributed by atoms with Crippen molar-refractivity contribution in [2.45, 2.75) is 64.8 Å². The van der Waals surface area contributed by atoms with E-state index in [0.717, 1.165) is 30.1 Å². The van der Waals surface area contributed by atoms with E-state index in [1.54, 1.807) is 7.05 Å². The Labute approximate surface area is 158 Å². The second-order valence-electron chi connectivity index (χ2n) is 6.76. The molecule has 0 unspecified atom stereocenters. The lowest BCUT2D eigenvalue weighted by atomic mass is 10.1. The minimum atomic E-state index is -3.29. The van der Waals surface area contributed by atoms with Crippen LogP contribution in [0.3, 0.4) is 0 Å². The summed E-state index contributed by atoms with van der Waals surface area (Å²) in [6.45, 7) is 7.40. The van der Waals surface area contributed by atoms with Crippen molar-refractivity contribution in [1.82, 2.24) is 15.4 Å². The minimum Gasteiger partial charge on any atom is -0.356 e. The zero-order valence-corrected chi connectivity index (χ0v) is 17.3. The average molecular weight is 383 g/mol. The maximum Gasteiger partial charge on any atom is 0.216 e. The van der Waals surface area contributed by atoms with E-state index in [1.807, 2.05) is 38.1 Å². The molecule has 0 aliphatic rings. The molecule has 0 amide bonds. The SMILES string of the molecule is CCCCCCNC(=NC)NCc1ccc(CS(=O)(=O)NC(C)C)cc1. The van der Waals surface area contributed by atoms with E-state index in [-0.39, 0.29) is 11.8 Å². The van der Waals surface area contributed by atoms with Crippen molar-refractivity contribution in [1.29, 1.82) is 0 Å². The summed E-state index contributed by atoms with van der Waals surface area (Å²) in [7, 11) is -1.53. The number of hydrogen-bond donors (Lipinski definition) is 3. The van der Waals surface area contributed by atoms with Crippen LogP contribution in [0.4, 0.5) is 0 Å². The highest BCUT2D eigenvalue weighted by molar-refractivity contribution is 7.88. The number of benzene rings is 1. The molecule has 7 heteroatoms. The predicted molar refractivity (Wildman–Crippen MR) is 110 cm³/mol. The van der Waals surface area contributed by atoms with Gasteiger partial charge >= 0.3 is 0 Å². The Morgan fingerprint density at radius 3 is 2.27 bits per heavy atom. The standard InChI is InChI=1S/C19H34N4O2S/c1-5-6-7-8-13-21-19(20-4)22-14-17-9-11-18(12-10-17)15-26(24,25)23-16(2)3/h9-12,16,23H,5-8,13-15H2,1-4H3,(H2,20,21,22). The van der Waals surface area contributed by atoms with E-state index in [9.17, 15) is 8.42 Å². The molecule has 0 fully saturated rings. The molecular formula is C19H34N4O2S. The number of unbranched alkanes of at least 4 members (excludes halogenated alkanes) is 3. The Bertz CT molecular complexity index is 640. The molecule has 26 heavy (non-hydrogen) atoms. The van der Waals surface area contributed by atoms with Crippen LogP contribution in [0.25, 0.3) is 0 Å². The first-order valence-electron chi connectivity index (χ1n) is 9.38. The van der Waals surface area contributed by atoms with Gasteiger partial charge in [0.2, 0.25) is 10.0 Å². The number of nitrogens with one attached hydrogen (secondary N) is 3. The Balaban J connectivity index is 2.44. The third-order valence-corrected chi connectivity index (χ3v) is 5.35. The van der Waals surface area contributed by atoms with Gasteiger partial charge in [0, 0.05) is 26.2 Å². The normalized spacial score (nSPS) is 12.4. The summed E-state index contributed by atoms with van der Waals surface area (Å²) in [5.41, 5.74) is 1.86. The fourth-order valence-electron chi connectivity index (χ4n) is 2.54. The second-order valence-corrected chi connectivity index (χ2v) is 8.52. The summed E-state index contributed by atoms with van der Waals surface area (Å²) in [6, 6.07) is 7.52. The minimum absolute atomic E-state index is 0.000127. The highest BCUT2D eigenvalue weighted by atomic mass is 32.2. The first-order chi connectivity index (χ1) is 12.4. The fraction of sp³-hybridized carbons (Fsp3) is 0.632.